The van der Waals surface area contributed by atoms with Crippen molar-refractivity contribution >= 4 is 5.91 Å². The predicted molar refractivity (Wildman–Crippen MR) is 69.8 cm³/mol. The van der Waals surface area contributed by atoms with E-state index < -0.39 is 0 Å². The van der Waals surface area contributed by atoms with Gasteiger partial charge in [0.15, 0.2) is 0 Å². The summed E-state index contributed by atoms with van der Waals surface area (Å²) >= 11 is 0. The molecular weight excluding hydrogens is 214 g/mol. The quantitative estimate of drug-likeness (QED) is 0.682. The third kappa shape index (κ3) is 4.97. The molecule has 0 aliphatic heterocycles. The van der Waals surface area contributed by atoms with E-state index in [2.05, 4.69) is 5.32 Å². The number of benzene rings is 1. The van der Waals surface area contributed by atoms with Crippen LogP contribution in [0.1, 0.15) is 28.8 Å². The van der Waals surface area contributed by atoms with Crippen LogP contribution in [0.4, 0.5) is 0 Å². The van der Waals surface area contributed by atoms with E-state index in [1.165, 1.54) is 0 Å². The van der Waals surface area contributed by atoms with Crippen LogP contribution in [0.3, 0.4) is 0 Å². The highest BCUT2D eigenvalue weighted by atomic mass is 16.1. The number of nitrogens with one attached hydrogen (secondary N) is 1. The molecule has 0 aliphatic carbocycles. The summed E-state index contributed by atoms with van der Waals surface area (Å²) in [7, 11) is 0. The molecule has 4 heteroatoms. The first kappa shape index (κ1) is 13.7. The Morgan fingerprint density at radius 3 is 2.59 bits per heavy atom. The number of carbonyl (C=O) groups excluding carboxylic acids is 1. The van der Waals surface area contributed by atoms with Gasteiger partial charge in [-0.15, -0.1) is 0 Å². The van der Waals surface area contributed by atoms with Crippen LogP contribution >= 0.6 is 0 Å². The van der Waals surface area contributed by atoms with Crippen LogP contribution in [0.2, 0.25) is 0 Å². The fraction of sp³-hybridized carbons (Fsp3) is 0.462. The molecule has 4 nitrogen and oxygen atoms in total. The maximum atomic E-state index is 11.7. The van der Waals surface area contributed by atoms with Gasteiger partial charge in [-0.1, -0.05) is 17.7 Å². The molecule has 0 aromatic heterocycles. The van der Waals surface area contributed by atoms with Crippen molar-refractivity contribution in [2.24, 2.45) is 11.5 Å². The van der Waals surface area contributed by atoms with Gasteiger partial charge in [0.05, 0.1) is 0 Å². The molecule has 1 aromatic rings. The van der Waals surface area contributed by atoms with Gasteiger partial charge in [-0.2, -0.15) is 0 Å². The summed E-state index contributed by atoms with van der Waals surface area (Å²) < 4.78 is 0. The first-order chi connectivity index (χ1) is 8.13. The van der Waals surface area contributed by atoms with Gasteiger partial charge in [0.1, 0.15) is 0 Å². The summed E-state index contributed by atoms with van der Waals surface area (Å²) in [5, 5.41) is 2.82. The minimum absolute atomic E-state index is 0.0204. The Morgan fingerprint density at radius 2 is 2.00 bits per heavy atom. The van der Waals surface area contributed by atoms with Crippen molar-refractivity contribution in [3.05, 3.63) is 35.4 Å². The third-order valence-corrected chi connectivity index (χ3v) is 2.62. The van der Waals surface area contributed by atoms with Crippen LogP contribution in [0.25, 0.3) is 0 Å². The second kappa shape index (κ2) is 7.04. The normalized spacial score (nSPS) is 12.2. The molecule has 0 radical (unpaired) electrons. The van der Waals surface area contributed by atoms with E-state index in [9.17, 15) is 4.79 Å². The second-order valence-electron chi connectivity index (χ2n) is 4.27. The molecular formula is C13H21N3O. The number of hydrogen-bond acceptors (Lipinski definition) is 3. The molecule has 94 valence electrons. The Hall–Kier alpha value is -1.39. The van der Waals surface area contributed by atoms with Gasteiger partial charge in [-0.05, 0) is 38.4 Å². The largest absolute Gasteiger partial charge is 0.350 e. The molecule has 0 heterocycles. The van der Waals surface area contributed by atoms with E-state index in [4.69, 9.17) is 11.5 Å². The number of carbonyl (C=O) groups is 1. The Morgan fingerprint density at radius 1 is 1.35 bits per heavy atom. The third-order valence-electron chi connectivity index (χ3n) is 2.62. The van der Waals surface area contributed by atoms with Crippen molar-refractivity contribution < 1.29 is 4.79 Å². The Bertz CT molecular complexity index is 348. The molecule has 1 amide bonds. The Balaban J connectivity index is 2.36. The van der Waals surface area contributed by atoms with Gasteiger partial charge in [0.25, 0.3) is 5.91 Å². The van der Waals surface area contributed by atoms with E-state index in [0.717, 1.165) is 18.4 Å². The molecule has 1 aromatic carbocycles. The van der Waals surface area contributed by atoms with Gasteiger partial charge in [-0.25, -0.2) is 0 Å². The zero-order valence-corrected chi connectivity index (χ0v) is 10.3. The number of rotatable bonds is 6. The van der Waals surface area contributed by atoms with Crippen molar-refractivity contribution in [1.82, 2.24) is 5.32 Å². The lowest BCUT2D eigenvalue weighted by Crippen LogP contribution is -2.37. The summed E-state index contributed by atoms with van der Waals surface area (Å²) in [6.45, 7) is 3.12. The second-order valence-corrected chi connectivity index (χ2v) is 4.27. The lowest BCUT2D eigenvalue weighted by Gasteiger charge is -2.12. The number of hydrogen-bond donors (Lipinski definition) is 3. The van der Waals surface area contributed by atoms with Gasteiger partial charge in [0.2, 0.25) is 0 Å². The van der Waals surface area contributed by atoms with E-state index in [-0.39, 0.29) is 11.9 Å². The molecule has 0 unspecified atom stereocenters. The van der Waals surface area contributed by atoms with Crippen molar-refractivity contribution in [3.8, 4) is 0 Å². The smallest absolute Gasteiger partial charge is 0.251 e. The molecule has 17 heavy (non-hydrogen) atoms. The molecule has 5 N–H and O–H groups in total. The SMILES string of the molecule is Cc1ccc(C(=O)NC[C@@H](N)CCCN)cc1. The molecule has 1 rings (SSSR count). The van der Waals surface area contributed by atoms with Gasteiger partial charge >= 0.3 is 0 Å². The highest BCUT2D eigenvalue weighted by Gasteiger charge is 2.07. The molecule has 0 saturated carbocycles. The fourth-order valence-corrected chi connectivity index (χ4v) is 1.51. The minimum Gasteiger partial charge on any atom is -0.350 e. The van der Waals surface area contributed by atoms with E-state index in [0.29, 0.717) is 18.7 Å². The van der Waals surface area contributed by atoms with Crippen LogP contribution in [0.5, 0.6) is 0 Å². The summed E-state index contributed by atoms with van der Waals surface area (Å²) in [4.78, 5) is 11.7. The standard InChI is InChI=1S/C13H21N3O/c1-10-4-6-11(7-5-10)13(17)16-9-12(15)3-2-8-14/h4-7,12H,2-3,8-9,14-15H2,1H3,(H,16,17)/t12-/m0/s1. The first-order valence-corrected chi connectivity index (χ1v) is 5.94. The van der Waals surface area contributed by atoms with Crippen LogP contribution < -0.4 is 16.8 Å². The van der Waals surface area contributed by atoms with E-state index in [1.54, 1.807) is 0 Å². The maximum absolute atomic E-state index is 11.7. The lowest BCUT2D eigenvalue weighted by molar-refractivity contribution is 0.0950. The van der Waals surface area contributed by atoms with Crippen molar-refractivity contribution in [2.45, 2.75) is 25.8 Å². The number of amides is 1. The fourth-order valence-electron chi connectivity index (χ4n) is 1.51. The minimum atomic E-state index is -0.0757. The van der Waals surface area contributed by atoms with Crippen LogP contribution in [-0.4, -0.2) is 25.0 Å². The van der Waals surface area contributed by atoms with Crippen molar-refractivity contribution in [3.63, 3.8) is 0 Å². The molecule has 0 aliphatic rings. The number of aryl methyl sites for hydroxylation is 1. The highest BCUT2D eigenvalue weighted by Crippen LogP contribution is 2.02. The zero-order chi connectivity index (χ0) is 12.7. The van der Waals surface area contributed by atoms with Crippen LogP contribution in [0.15, 0.2) is 24.3 Å². The van der Waals surface area contributed by atoms with Crippen molar-refractivity contribution in [1.29, 1.82) is 0 Å². The molecule has 1 atom stereocenters. The van der Waals surface area contributed by atoms with Gasteiger partial charge in [0, 0.05) is 18.2 Å². The van der Waals surface area contributed by atoms with E-state index >= 15 is 0 Å². The predicted octanol–water partition coefficient (Wildman–Crippen LogP) is 0.791. The summed E-state index contributed by atoms with van der Waals surface area (Å²) in [6, 6.07) is 7.45. The van der Waals surface area contributed by atoms with Gasteiger partial charge in [-0.3, -0.25) is 4.79 Å². The topological polar surface area (TPSA) is 81.1 Å². The van der Waals surface area contributed by atoms with Crippen LogP contribution in [0, 0.1) is 6.92 Å². The monoisotopic (exact) mass is 235 g/mol. The molecule has 0 bridgehead atoms. The first-order valence-electron chi connectivity index (χ1n) is 5.94. The lowest BCUT2D eigenvalue weighted by atomic mass is 10.1. The average molecular weight is 235 g/mol. The Kier molecular flexibility index (Phi) is 5.66. The summed E-state index contributed by atoms with van der Waals surface area (Å²) in [5.74, 6) is -0.0757. The maximum Gasteiger partial charge on any atom is 0.251 e. The summed E-state index contributed by atoms with van der Waals surface area (Å²) in [5.41, 5.74) is 13.0. The number of nitrogens with two attached hydrogens (primary N) is 2. The van der Waals surface area contributed by atoms with E-state index in [1.807, 2.05) is 31.2 Å². The van der Waals surface area contributed by atoms with Crippen molar-refractivity contribution in [2.75, 3.05) is 13.1 Å². The molecule has 0 fully saturated rings. The highest BCUT2D eigenvalue weighted by molar-refractivity contribution is 5.94. The average Bonchev–Trinajstić information content (AvgIpc) is 2.34. The Labute approximate surface area is 102 Å². The summed E-state index contributed by atoms with van der Waals surface area (Å²) in [6.07, 6.45) is 1.73. The molecule has 0 saturated heterocycles. The molecule has 0 spiro atoms. The van der Waals surface area contributed by atoms with Gasteiger partial charge < -0.3 is 16.8 Å². The zero-order valence-electron chi connectivity index (χ0n) is 10.3. The van der Waals surface area contributed by atoms with Crippen LogP contribution in [-0.2, 0) is 0 Å².